The van der Waals surface area contributed by atoms with Gasteiger partial charge in [-0.1, -0.05) is 0 Å². The first kappa shape index (κ1) is 16.9. The number of benzene rings is 1. The minimum atomic E-state index is -0.640. The molecule has 10 nitrogen and oxygen atoms in total. The van der Waals surface area contributed by atoms with Crippen LogP contribution in [0.15, 0.2) is 52.1 Å². The highest BCUT2D eigenvalue weighted by Crippen LogP contribution is 2.26. The van der Waals surface area contributed by atoms with Crippen molar-refractivity contribution in [1.82, 2.24) is 15.6 Å². The van der Waals surface area contributed by atoms with Crippen LogP contribution in [0.2, 0.25) is 0 Å². The molecule has 0 atom stereocenters. The van der Waals surface area contributed by atoms with E-state index in [4.69, 9.17) is 9.15 Å². The minimum absolute atomic E-state index is 0.209. The van der Waals surface area contributed by atoms with Crippen LogP contribution < -0.4 is 10.2 Å². The van der Waals surface area contributed by atoms with Crippen LogP contribution in [0.3, 0.4) is 0 Å². The summed E-state index contributed by atoms with van der Waals surface area (Å²) in [6.07, 6.45) is 2.88. The maximum Gasteiger partial charge on any atom is 0.433 e. The Hall–Kier alpha value is -3.95. The normalized spacial score (nSPS) is 10.8. The molecule has 26 heavy (non-hydrogen) atoms. The van der Waals surface area contributed by atoms with Gasteiger partial charge in [0.15, 0.2) is 5.76 Å². The van der Waals surface area contributed by atoms with E-state index in [-0.39, 0.29) is 5.76 Å². The predicted octanol–water partition coefficient (Wildman–Crippen LogP) is 2.35. The fourth-order valence-corrected chi connectivity index (χ4v) is 2.12. The molecule has 0 fully saturated rings. The maximum absolute atomic E-state index is 12.0. The number of carbonyl (C=O) groups is 1. The first-order valence-electron chi connectivity index (χ1n) is 7.34. The fourth-order valence-electron chi connectivity index (χ4n) is 2.12. The molecule has 0 saturated heterocycles. The van der Waals surface area contributed by atoms with Gasteiger partial charge in [0, 0.05) is 17.3 Å². The average Bonchev–Trinajstić information content (AvgIpc) is 3.30. The van der Waals surface area contributed by atoms with Gasteiger partial charge in [0.1, 0.15) is 16.4 Å². The maximum atomic E-state index is 12.0. The number of hydrazone groups is 1. The smallest absolute Gasteiger partial charge is 0.433 e. The van der Waals surface area contributed by atoms with Gasteiger partial charge < -0.3 is 9.15 Å². The van der Waals surface area contributed by atoms with Crippen LogP contribution in [-0.4, -0.2) is 34.4 Å². The Balaban J connectivity index is 1.70. The Morgan fingerprint density at radius 1 is 1.35 bits per heavy atom. The molecule has 0 bridgehead atoms. The minimum Gasteiger partial charge on any atom is -0.497 e. The van der Waals surface area contributed by atoms with E-state index < -0.39 is 16.7 Å². The summed E-state index contributed by atoms with van der Waals surface area (Å²) in [6.45, 7) is 0. The highest BCUT2D eigenvalue weighted by atomic mass is 16.6. The van der Waals surface area contributed by atoms with E-state index in [1.165, 1.54) is 31.7 Å². The molecule has 0 aliphatic rings. The summed E-state index contributed by atoms with van der Waals surface area (Å²) in [5.41, 5.74) is 3.62. The number of aromatic nitrogens is 2. The van der Waals surface area contributed by atoms with Crippen LogP contribution in [0.5, 0.6) is 5.75 Å². The number of aromatic amines is 1. The second-order valence-corrected chi connectivity index (χ2v) is 5.01. The number of methoxy groups -OCH3 is 1. The molecule has 2 aromatic heterocycles. The Morgan fingerprint density at radius 3 is 2.77 bits per heavy atom. The van der Waals surface area contributed by atoms with Crippen molar-refractivity contribution in [3.63, 3.8) is 0 Å². The third-order valence-electron chi connectivity index (χ3n) is 3.40. The van der Waals surface area contributed by atoms with Crippen molar-refractivity contribution in [2.45, 2.75) is 0 Å². The fraction of sp³-hybridized carbons (Fsp3) is 0.0625. The van der Waals surface area contributed by atoms with E-state index in [9.17, 15) is 14.9 Å². The van der Waals surface area contributed by atoms with Gasteiger partial charge in [-0.25, -0.2) is 5.43 Å². The van der Waals surface area contributed by atoms with Crippen molar-refractivity contribution in [2.75, 3.05) is 7.11 Å². The molecule has 1 amide bonds. The van der Waals surface area contributed by atoms with Gasteiger partial charge in [0.2, 0.25) is 0 Å². The molecule has 10 heteroatoms. The first-order valence-corrected chi connectivity index (χ1v) is 7.34. The third kappa shape index (κ3) is 3.59. The van der Waals surface area contributed by atoms with Gasteiger partial charge in [0.05, 0.1) is 19.4 Å². The highest BCUT2D eigenvalue weighted by Gasteiger charge is 2.17. The van der Waals surface area contributed by atoms with Crippen LogP contribution in [0.25, 0.3) is 11.5 Å². The monoisotopic (exact) mass is 355 g/mol. The molecule has 0 radical (unpaired) electrons. The molecule has 3 aromatic rings. The van der Waals surface area contributed by atoms with Crippen molar-refractivity contribution >= 4 is 18.0 Å². The van der Waals surface area contributed by atoms with E-state index in [1.807, 2.05) is 0 Å². The van der Waals surface area contributed by atoms with Crippen LogP contribution in [0.4, 0.5) is 5.88 Å². The zero-order valence-electron chi connectivity index (χ0n) is 13.5. The zero-order valence-corrected chi connectivity index (χ0v) is 13.5. The van der Waals surface area contributed by atoms with Crippen LogP contribution in [0, 0.1) is 10.1 Å². The number of hydrogen-bond donors (Lipinski definition) is 2. The molecule has 2 heterocycles. The molecular formula is C16H13N5O5. The van der Waals surface area contributed by atoms with Crippen LogP contribution >= 0.6 is 0 Å². The average molecular weight is 355 g/mol. The second kappa shape index (κ2) is 7.30. The number of hydrogen-bond acceptors (Lipinski definition) is 7. The lowest BCUT2D eigenvalue weighted by atomic mass is 10.2. The predicted molar refractivity (Wildman–Crippen MR) is 91.0 cm³/mol. The molecule has 0 aliphatic heterocycles. The Morgan fingerprint density at radius 2 is 2.12 bits per heavy atom. The Kier molecular flexibility index (Phi) is 4.74. The van der Waals surface area contributed by atoms with E-state index in [2.05, 4.69) is 20.7 Å². The number of nitrogens with one attached hydrogen (secondary N) is 2. The lowest BCUT2D eigenvalue weighted by molar-refractivity contribution is -0.401. The number of nitro groups is 1. The number of amides is 1. The molecular weight excluding hydrogens is 342 g/mol. The third-order valence-corrected chi connectivity index (χ3v) is 3.40. The second-order valence-electron chi connectivity index (χ2n) is 5.01. The quantitative estimate of drug-likeness (QED) is 0.396. The standard InChI is InChI=1S/C16H13N5O5/c1-25-12-4-2-10(3-5-12)16(22)20-18-9-11-8-17-19-15(11)13-6-7-14(26-13)21(23)24/h2-9H,1H3,(H,17,19)(H,20,22)/b18-9+. The van der Waals surface area contributed by atoms with Crippen LogP contribution in [-0.2, 0) is 0 Å². The van der Waals surface area contributed by atoms with Crippen molar-refractivity contribution in [2.24, 2.45) is 5.10 Å². The number of ether oxygens (including phenoxy) is 1. The number of H-pyrrole nitrogens is 1. The summed E-state index contributed by atoms with van der Waals surface area (Å²) in [5.74, 6) is 0.0581. The lowest BCUT2D eigenvalue weighted by Gasteiger charge is -2.02. The Bertz CT molecular complexity index is 958. The molecule has 0 unspecified atom stereocenters. The van der Waals surface area contributed by atoms with Crippen molar-refractivity contribution in [3.8, 4) is 17.2 Å². The van der Waals surface area contributed by atoms with Gasteiger partial charge in [-0.3, -0.25) is 20.0 Å². The highest BCUT2D eigenvalue weighted by molar-refractivity contribution is 5.95. The summed E-state index contributed by atoms with van der Waals surface area (Å²) in [4.78, 5) is 22.1. The number of rotatable bonds is 6. The van der Waals surface area contributed by atoms with E-state index in [0.717, 1.165) is 0 Å². The molecule has 3 rings (SSSR count). The van der Waals surface area contributed by atoms with Gasteiger partial charge >= 0.3 is 5.88 Å². The lowest BCUT2D eigenvalue weighted by Crippen LogP contribution is -2.17. The molecule has 132 valence electrons. The SMILES string of the molecule is COc1ccc(C(=O)N/N=C/c2c[nH]nc2-c2ccc([N+](=O)[O-])o2)cc1. The molecule has 0 spiro atoms. The topological polar surface area (TPSA) is 136 Å². The van der Waals surface area contributed by atoms with Gasteiger partial charge in [-0.15, -0.1) is 0 Å². The van der Waals surface area contributed by atoms with Gasteiger partial charge in [-0.05, 0) is 30.3 Å². The van der Waals surface area contributed by atoms with E-state index in [0.29, 0.717) is 22.6 Å². The summed E-state index contributed by atoms with van der Waals surface area (Å²) < 4.78 is 10.1. The summed E-state index contributed by atoms with van der Waals surface area (Å²) in [5, 5.41) is 21.2. The summed E-state index contributed by atoms with van der Waals surface area (Å²) >= 11 is 0. The van der Waals surface area contributed by atoms with Gasteiger partial charge in [0.25, 0.3) is 5.91 Å². The Labute approximate surface area is 146 Å². The zero-order chi connectivity index (χ0) is 18.5. The molecule has 0 aliphatic carbocycles. The van der Waals surface area contributed by atoms with Crippen LogP contribution in [0.1, 0.15) is 15.9 Å². The van der Waals surface area contributed by atoms with Crippen molar-refractivity contribution in [3.05, 3.63) is 63.8 Å². The number of furan rings is 1. The summed E-state index contributed by atoms with van der Waals surface area (Å²) in [7, 11) is 1.54. The van der Waals surface area contributed by atoms with E-state index >= 15 is 0 Å². The summed E-state index contributed by atoms with van der Waals surface area (Å²) in [6, 6.07) is 9.20. The number of nitrogens with zero attached hydrogens (tertiary/aromatic N) is 3. The molecule has 1 aromatic carbocycles. The van der Waals surface area contributed by atoms with Crippen molar-refractivity contribution in [1.29, 1.82) is 0 Å². The molecule has 0 saturated carbocycles. The molecule has 2 N–H and O–H groups in total. The van der Waals surface area contributed by atoms with E-state index in [1.54, 1.807) is 24.3 Å². The number of carbonyl (C=O) groups excluding carboxylic acids is 1. The van der Waals surface area contributed by atoms with Crippen molar-refractivity contribution < 1.29 is 18.9 Å². The van der Waals surface area contributed by atoms with Gasteiger partial charge in [-0.2, -0.15) is 10.2 Å². The largest absolute Gasteiger partial charge is 0.497 e. The first-order chi connectivity index (χ1) is 12.6.